The fourth-order valence-electron chi connectivity index (χ4n) is 2.11. The van der Waals surface area contributed by atoms with Crippen LogP contribution in [0, 0.1) is 17.8 Å². The van der Waals surface area contributed by atoms with E-state index in [0.29, 0.717) is 18.9 Å². The molecule has 1 fully saturated rings. The van der Waals surface area contributed by atoms with Crippen LogP contribution in [0.1, 0.15) is 55.5 Å². The third-order valence-electron chi connectivity index (χ3n) is 3.43. The van der Waals surface area contributed by atoms with Crippen LogP contribution in [0.15, 0.2) is 18.2 Å². The van der Waals surface area contributed by atoms with Gasteiger partial charge in [-0.05, 0) is 43.4 Å². The van der Waals surface area contributed by atoms with Crippen LogP contribution in [0.5, 0.6) is 5.75 Å². The topological polar surface area (TPSA) is 26.3 Å². The van der Waals surface area contributed by atoms with Gasteiger partial charge in [-0.1, -0.05) is 31.8 Å². The molecule has 0 amide bonds. The Bertz CT molecular complexity index is 530. The molecule has 1 aromatic carbocycles. The minimum absolute atomic E-state index is 0.207. The Kier molecular flexibility index (Phi) is 5.24. The summed E-state index contributed by atoms with van der Waals surface area (Å²) in [4.78, 5) is 12.1. The summed E-state index contributed by atoms with van der Waals surface area (Å²) in [5.41, 5.74) is 1.90. The number of Topliss-reactive ketones (excluding diaryl/α,β-unsaturated/α-hetero) is 1. The molecular weight excluding hydrogens is 248 g/mol. The van der Waals surface area contributed by atoms with Crippen molar-refractivity contribution in [3.8, 4) is 17.6 Å². The zero-order valence-electron chi connectivity index (χ0n) is 12.4. The molecule has 1 aliphatic carbocycles. The first-order valence-corrected chi connectivity index (χ1v) is 7.52. The van der Waals surface area contributed by atoms with Gasteiger partial charge in [0.05, 0.1) is 0 Å². The van der Waals surface area contributed by atoms with Gasteiger partial charge in [0.2, 0.25) is 0 Å². The lowest BCUT2D eigenvalue weighted by Crippen LogP contribution is -2.04. The van der Waals surface area contributed by atoms with Gasteiger partial charge in [-0.15, -0.1) is 0 Å². The molecule has 106 valence electrons. The first-order valence-electron chi connectivity index (χ1n) is 7.52. The number of carbonyl (C=O) groups excluding carboxylic acids is 1. The van der Waals surface area contributed by atoms with E-state index in [1.807, 2.05) is 25.1 Å². The van der Waals surface area contributed by atoms with E-state index in [2.05, 4.69) is 18.8 Å². The second kappa shape index (κ2) is 7.14. The molecule has 0 spiro atoms. The van der Waals surface area contributed by atoms with Crippen molar-refractivity contribution in [2.45, 2.75) is 46.0 Å². The maximum absolute atomic E-state index is 12.1. The average molecular weight is 270 g/mol. The van der Waals surface area contributed by atoms with Gasteiger partial charge >= 0.3 is 0 Å². The quantitative estimate of drug-likeness (QED) is 0.576. The van der Waals surface area contributed by atoms with Crippen LogP contribution in [0.25, 0.3) is 0 Å². The first-order chi connectivity index (χ1) is 9.74. The Morgan fingerprint density at radius 2 is 2.15 bits per heavy atom. The maximum atomic E-state index is 12.1. The van der Waals surface area contributed by atoms with Crippen LogP contribution in [0.2, 0.25) is 0 Å². The monoisotopic (exact) mass is 270 g/mol. The summed E-state index contributed by atoms with van der Waals surface area (Å²) in [6, 6.07) is 5.79. The Balaban J connectivity index is 2.04. The minimum atomic E-state index is 0.207. The zero-order valence-corrected chi connectivity index (χ0v) is 12.4. The molecule has 0 N–H and O–H groups in total. The van der Waals surface area contributed by atoms with Crippen molar-refractivity contribution >= 4 is 5.78 Å². The molecule has 20 heavy (non-hydrogen) atoms. The summed E-state index contributed by atoms with van der Waals surface area (Å²) < 4.78 is 5.63. The second-order valence-corrected chi connectivity index (χ2v) is 5.23. The van der Waals surface area contributed by atoms with Crippen molar-refractivity contribution in [2.24, 2.45) is 5.92 Å². The largest absolute Gasteiger partial charge is 0.481 e. The molecule has 0 aliphatic heterocycles. The highest BCUT2D eigenvalue weighted by atomic mass is 16.5. The molecule has 0 heterocycles. The number of carbonyl (C=O) groups is 1. The molecule has 2 heteroatoms. The molecule has 0 atom stereocenters. The minimum Gasteiger partial charge on any atom is -0.481 e. The van der Waals surface area contributed by atoms with Crippen LogP contribution >= 0.6 is 0 Å². The van der Waals surface area contributed by atoms with Crippen LogP contribution in [-0.4, -0.2) is 12.4 Å². The Morgan fingerprint density at radius 1 is 1.35 bits per heavy atom. The molecule has 0 radical (unpaired) electrons. The number of benzene rings is 1. The summed E-state index contributed by atoms with van der Waals surface area (Å²) in [5.74, 6) is 7.76. The second-order valence-electron chi connectivity index (χ2n) is 5.23. The van der Waals surface area contributed by atoms with Crippen LogP contribution in [0.3, 0.4) is 0 Å². The maximum Gasteiger partial charge on any atom is 0.163 e. The lowest BCUT2D eigenvalue weighted by molar-refractivity contribution is 0.0980. The van der Waals surface area contributed by atoms with E-state index in [4.69, 9.17) is 4.74 Å². The van der Waals surface area contributed by atoms with Gasteiger partial charge in [0, 0.05) is 17.9 Å². The molecule has 0 bridgehead atoms. The molecule has 2 rings (SSSR count). The van der Waals surface area contributed by atoms with Crippen molar-refractivity contribution in [1.29, 1.82) is 0 Å². The van der Waals surface area contributed by atoms with E-state index in [1.54, 1.807) is 0 Å². The van der Waals surface area contributed by atoms with Crippen LogP contribution in [-0.2, 0) is 6.42 Å². The summed E-state index contributed by atoms with van der Waals surface area (Å²) in [6.07, 6.45) is 4.80. The van der Waals surface area contributed by atoms with Gasteiger partial charge in [0.1, 0.15) is 12.4 Å². The lowest BCUT2D eigenvalue weighted by Gasteiger charge is -2.09. The van der Waals surface area contributed by atoms with Gasteiger partial charge < -0.3 is 4.74 Å². The number of hydrogen-bond acceptors (Lipinski definition) is 2. The summed E-state index contributed by atoms with van der Waals surface area (Å²) in [7, 11) is 0. The Labute approximate surface area is 121 Å². The summed E-state index contributed by atoms with van der Waals surface area (Å²) in [6.45, 7) is 4.50. The fraction of sp³-hybridized carbons (Fsp3) is 0.500. The van der Waals surface area contributed by atoms with Crippen LogP contribution < -0.4 is 4.74 Å². The highest BCUT2D eigenvalue weighted by molar-refractivity contribution is 5.97. The fourth-order valence-corrected chi connectivity index (χ4v) is 2.11. The molecule has 1 saturated carbocycles. The van der Waals surface area contributed by atoms with E-state index in [9.17, 15) is 4.79 Å². The summed E-state index contributed by atoms with van der Waals surface area (Å²) in [5, 5.41) is 0. The van der Waals surface area contributed by atoms with E-state index in [0.717, 1.165) is 29.7 Å². The molecule has 1 aliphatic rings. The first kappa shape index (κ1) is 14.7. The molecular formula is C18H22O2. The van der Waals surface area contributed by atoms with Gasteiger partial charge in [0.15, 0.2) is 5.78 Å². The number of hydrogen-bond donors (Lipinski definition) is 0. The van der Waals surface area contributed by atoms with Crippen molar-refractivity contribution in [1.82, 2.24) is 0 Å². The van der Waals surface area contributed by atoms with Crippen molar-refractivity contribution < 1.29 is 9.53 Å². The zero-order chi connectivity index (χ0) is 14.4. The van der Waals surface area contributed by atoms with Crippen molar-refractivity contribution in [3.63, 3.8) is 0 Å². The Morgan fingerprint density at radius 3 is 2.80 bits per heavy atom. The SMILES string of the molecule is CCCC(=O)c1cc(OCC#CC2CC2)ccc1CC. The molecule has 0 unspecified atom stereocenters. The van der Waals surface area contributed by atoms with Crippen LogP contribution in [0.4, 0.5) is 0 Å². The Hall–Kier alpha value is -1.75. The van der Waals surface area contributed by atoms with Crippen molar-refractivity contribution in [3.05, 3.63) is 29.3 Å². The lowest BCUT2D eigenvalue weighted by atomic mass is 9.99. The predicted molar refractivity (Wildman–Crippen MR) is 81.1 cm³/mol. The standard InChI is InChI=1S/C18H22O2/c1-3-6-18(19)17-13-16(11-10-15(17)4-2)20-12-5-7-14-8-9-14/h10-11,13-14H,3-4,6,8-9,12H2,1-2H3. The van der Waals surface area contributed by atoms with E-state index in [1.165, 1.54) is 12.8 Å². The number of ketones is 1. The number of aryl methyl sites for hydroxylation is 1. The van der Waals surface area contributed by atoms with Crippen molar-refractivity contribution in [2.75, 3.05) is 6.61 Å². The van der Waals surface area contributed by atoms with Gasteiger partial charge in [0.25, 0.3) is 0 Å². The molecule has 1 aromatic rings. The third-order valence-corrected chi connectivity index (χ3v) is 3.43. The predicted octanol–water partition coefficient (Wildman–Crippen LogP) is 4.02. The normalized spacial score (nSPS) is 13.5. The van der Waals surface area contributed by atoms with E-state index in [-0.39, 0.29) is 5.78 Å². The average Bonchev–Trinajstić information content (AvgIpc) is 3.28. The summed E-state index contributed by atoms with van der Waals surface area (Å²) >= 11 is 0. The van der Waals surface area contributed by atoms with E-state index >= 15 is 0 Å². The highest BCUT2D eigenvalue weighted by Gasteiger charge is 2.17. The molecule has 0 aromatic heterocycles. The number of ether oxygens (including phenoxy) is 1. The highest BCUT2D eigenvalue weighted by Crippen LogP contribution is 2.27. The number of rotatable bonds is 6. The molecule has 2 nitrogen and oxygen atoms in total. The smallest absolute Gasteiger partial charge is 0.163 e. The third kappa shape index (κ3) is 4.13. The van der Waals surface area contributed by atoms with E-state index < -0.39 is 0 Å². The van der Waals surface area contributed by atoms with Gasteiger partial charge in [-0.25, -0.2) is 0 Å². The van der Waals surface area contributed by atoms with Gasteiger partial charge in [-0.3, -0.25) is 4.79 Å². The molecule has 0 saturated heterocycles. The van der Waals surface area contributed by atoms with Gasteiger partial charge in [-0.2, -0.15) is 0 Å².